The van der Waals surface area contributed by atoms with E-state index in [4.69, 9.17) is 4.74 Å². The molecule has 23 heavy (non-hydrogen) atoms. The van der Waals surface area contributed by atoms with Gasteiger partial charge in [0.25, 0.3) is 0 Å². The van der Waals surface area contributed by atoms with E-state index in [1.807, 2.05) is 12.3 Å². The molecule has 0 aliphatic heterocycles. The summed E-state index contributed by atoms with van der Waals surface area (Å²) in [7, 11) is 3.79. The molecule has 3 heteroatoms. The van der Waals surface area contributed by atoms with Crippen LogP contribution in [0.3, 0.4) is 0 Å². The number of hydrogen-bond acceptors (Lipinski definition) is 3. The van der Waals surface area contributed by atoms with Crippen molar-refractivity contribution in [3.63, 3.8) is 0 Å². The molecule has 0 amide bonds. The molecule has 0 radical (unpaired) electrons. The number of ether oxygens (including phenoxy) is 1. The summed E-state index contributed by atoms with van der Waals surface area (Å²) in [5.74, 6) is 0.651. The van der Waals surface area contributed by atoms with Gasteiger partial charge in [0, 0.05) is 24.8 Å². The minimum atomic E-state index is 0.322. The summed E-state index contributed by atoms with van der Waals surface area (Å²) in [4.78, 5) is 6.62. The van der Waals surface area contributed by atoms with Crippen LogP contribution >= 0.6 is 0 Å². The second-order valence-corrected chi connectivity index (χ2v) is 5.87. The van der Waals surface area contributed by atoms with Crippen LogP contribution < -0.4 is 4.74 Å². The average molecular weight is 306 g/mol. The quantitative estimate of drug-likeness (QED) is 0.697. The summed E-state index contributed by atoms with van der Waals surface area (Å²) in [5.41, 5.74) is 2.53. The predicted molar refractivity (Wildman–Crippen MR) is 94.6 cm³/mol. The summed E-state index contributed by atoms with van der Waals surface area (Å²) in [6.07, 6.45) is 1.88. The maximum Gasteiger partial charge on any atom is 0.212 e. The Labute approximate surface area is 137 Å². The maximum atomic E-state index is 5.11. The molecular weight excluding hydrogens is 284 g/mol. The normalized spacial score (nSPS) is 12.5. The van der Waals surface area contributed by atoms with Gasteiger partial charge in [-0.05, 0) is 35.9 Å². The topological polar surface area (TPSA) is 25.4 Å². The lowest BCUT2D eigenvalue weighted by Gasteiger charge is -2.26. The highest BCUT2D eigenvalue weighted by molar-refractivity contribution is 5.86. The van der Waals surface area contributed by atoms with Crippen molar-refractivity contribution in [3.05, 3.63) is 71.9 Å². The number of methoxy groups -OCH3 is 1. The maximum absolute atomic E-state index is 5.11. The van der Waals surface area contributed by atoms with Gasteiger partial charge in [-0.25, -0.2) is 4.98 Å². The molecule has 3 aromatic rings. The van der Waals surface area contributed by atoms with Gasteiger partial charge in [-0.2, -0.15) is 0 Å². The third-order valence-electron chi connectivity index (χ3n) is 4.37. The second kappa shape index (κ2) is 6.80. The van der Waals surface area contributed by atoms with E-state index in [0.29, 0.717) is 11.9 Å². The summed E-state index contributed by atoms with van der Waals surface area (Å²) in [6, 6.07) is 19.4. The third kappa shape index (κ3) is 3.35. The number of aromatic nitrogens is 1. The third-order valence-corrected chi connectivity index (χ3v) is 4.37. The lowest BCUT2D eigenvalue weighted by Crippen LogP contribution is -2.22. The van der Waals surface area contributed by atoms with Crippen LogP contribution in [0.4, 0.5) is 0 Å². The minimum Gasteiger partial charge on any atom is -0.481 e. The Morgan fingerprint density at radius 2 is 1.83 bits per heavy atom. The largest absolute Gasteiger partial charge is 0.481 e. The number of pyridine rings is 1. The molecule has 3 nitrogen and oxygen atoms in total. The summed E-state index contributed by atoms with van der Waals surface area (Å²) < 4.78 is 5.11. The molecule has 118 valence electrons. The molecule has 1 atom stereocenters. The first kappa shape index (κ1) is 15.5. The second-order valence-electron chi connectivity index (χ2n) is 5.87. The van der Waals surface area contributed by atoms with Crippen molar-refractivity contribution in [2.75, 3.05) is 14.2 Å². The van der Waals surface area contributed by atoms with Crippen molar-refractivity contribution in [2.24, 2.45) is 0 Å². The van der Waals surface area contributed by atoms with Crippen LogP contribution in [0.25, 0.3) is 10.8 Å². The minimum absolute atomic E-state index is 0.322. The Hall–Kier alpha value is -2.39. The monoisotopic (exact) mass is 306 g/mol. The number of benzene rings is 2. The zero-order chi connectivity index (χ0) is 16.2. The van der Waals surface area contributed by atoms with Gasteiger partial charge in [0.2, 0.25) is 5.88 Å². The van der Waals surface area contributed by atoms with Gasteiger partial charge in [-0.1, -0.05) is 48.5 Å². The van der Waals surface area contributed by atoms with E-state index < -0.39 is 0 Å². The Morgan fingerprint density at radius 3 is 2.57 bits per heavy atom. The van der Waals surface area contributed by atoms with E-state index in [-0.39, 0.29) is 0 Å². The molecule has 0 spiro atoms. The van der Waals surface area contributed by atoms with Gasteiger partial charge in [0.1, 0.15) is 0 Å². The average Bonchev–Trinajstić information content (AvgIpc) is 2.61. The first-order valence-electron chi connectivity index (χ1n) is 7.86. The van der Waals surface area contributed by atoms with E-state index in [0.717, 1.165) is 6.54 Å². The van der Waals surface area contributed by atoms with Gasteiger partial charge >= 0.3 is 0 Å². The van der Waals surface area contributed by atoms with Crippen LogP contribution in [0, 0.1) is 0 Å². The Balaban J connectivity index is 1.81. The predicted octanol–water partition coefficient (Wildman–Crippen LogP) is 4.44. The lowest BCUT2D eigenvalue weighted by molar-refractivity contribution is 0.254. The van der Waals surface area contributed by atoms with Crippen LogP contribution in [0.5, 0.6) is 5.88 Å². The summed E-state index contributed by atoms with van der Waals surface area (Å²) in [5, 5.41) is 2.61. The molecule has 1 aromatic heterocycles. The fourth-order valence-electron chi connectivity index (χ4n) is 2.90. The summed E-state index contributed by atoms with van der Waals surface area (Å²) in [6.45, 7) is 3.10. The number of hydrogen-bond donors (Lipinski definition) is 0. The van der Waals surface area contributed by atoms with Crippen molar-refractivity contribution < 1.29 is 4.74 Å². The highest BCUT2D eigenvalue weighted by Crippen LogP contribution is 2.28. The zero-order valence-electron chi connectivity index (χ0n) is 13.9. The van der Waals surface area contributed by atoms with E-state index in [2.05, 4.69) is 72.4 Å². The molecule has 0 aliphatic carbocycles. The first-order valence-corrected chi connectivity index (χ1v) is 7.86. The molecular formula is C20H22N2O. The molecule has 0 fully saturated rings. The highest BCUT2D eigenvalue weighted by Gasteiger charge is 2.14. The van der Waals surface area contributed by atoms with Gasteiger partial charge in [-0.3, -0.25) is 4.90 Å². The Kier molecular flexibility index (Phi) is 4.58. The molecule has 0 N–H and O–H groups in total. The van der Waals surface area contributed by atoms with Crippen LogP contribution in [-0.2, 0) is 6.54 Å². The van der Waals surface area contributed by atoms with Crippen molar-refractivity contribution >= 4 is 10.8 Å². The summed E-state index contributed by atoms with van der Waals surface area (Å²) >= 11 is 0. The van der Waals surface area contributed by atoms with Crippen LogP contribution in [0.1, 0.15) is 24.1 Å². The van der Waals surface area contributed by atoms with E-state index in [1.165, 1.54) is 21.9 Å². The molecule has 0 saturated carbocycles. The molecule has 0 aliphatic rings. The van der Waals surface area contributed by atoms with E-state index >= 15 is 0 Å². The van der Waals surface area contributed by atoms with E-state index in [9.17, 15) is 0 Å². The van der Waals surface area contributed by atoms with Gasteiger partial charge < -0.3 is 4.74 Å². The first-order chi connectivity index (χ1) is 11.2. The van der Waals surface area contributed by atoms with Crippen molar-refractivity contribution in [2.45, 2.75) is 19.5 Å². The molecule has 3 rings (SSSR count). The molecule has 0 unspecified atom stereocenters. The lowest BCUT2D eigenvalue weighted by atomic mass is 9.99. The Bertz CT molecular complexity index is 778. The number of nitrogens with zero attached hydrogens (tertiary/aromatic N) is 2. The van der Waals surface area contributed by atoms with E-state index in [1.54, 1.807) is 7.11 Å². The standard InChI is InChI=1S/C20H22N2O/c1-15(18-10-6-8-17-7-4-5-9-19(17)18)22(2)14-16-11-12-20(23-3)21-13-16/h4-13,15H,14H2,1-3H3/t15-/m1/s1. The number of rotatable bonds is 5. The Morgan fingerprint density at radius 1 is 1.04 bits per heavy atom. The van der Waals surface area contributed by atoms with Crippen LogP contribution in [-0.4, -0.2) is 24.0 Å². The SMILES string of the molecule is COc1ccc(CN(C)[C@H](C)c2cccc3ccccc23)cn1. The van der Waals surface area contributed by atoms with Crippen LogP contribution in [0.15, 0.2) is 60.8 Å². The smallest absolute Gasteiger partial charge is 0.212 e. The molecule has 0 bridgehead atoms. The van der Waals surface area contributed by atoms with Gasteiger partial charge in [0.15, 0.2) is 0 Å². The molecule has 2 aromatic carbocycles. The van der Waals surface area contributed by atoms with Gasteiger partial charge in [-0.15, -0.1) is 0 Å². The molecule has 0 saturated heterocycles. The van der Waals surface area contributed by atoms with Crippen LogP contribution in [0.2, 0.25) is 0 Å². The van der Waals surface area contributed by atoms with Gasteiger partial charge in [0.05, 0.1) is 7.11 Å². The van der Waals surface area contributed by atoms with Crippen molar-refractivity contribution in [1.82, 2.24) is 9.88 Å². The molecule has 1 heterocycles. The fraction of sp³-hybridized carbons (Fsp3) is 0.250. The zero-order valence-corrected chi connectivity index (χ0v) is 13.9. The van der Waals surface area contributed by atoms with Crippen molar-refractivity contribution in [1.29, 1.82) is 0 Å². The van der Waals surface area contributed by atoms with Crippen molar-refractivity contribution in [3.8, 4) is 5.88 Å². The fourth-order valence-corrected chi connectivity index (χ4v) is 2.90. The number of fused-ring (bicyclic) bond motifs is 1. The highest BCUT2D eigenvalue weighted by atomic mass is 16.5.